The van der Waals surface area contributed by atoms with E-state index in [0.717, 1.165) is 12.8 Å². The van der Waals surface area contributed by atoms with Crippen LogP contribution in [0, 0.1) is 0 Å². The highest BCUT2D eigenvalue weighted by molar-refractivity contribution is 5.76. The molecule has 0 aromatic heterocycles. The number of benzene rings is 1. The summed E-state index contributed by atoms with van der Waals surface area (Å²) in [5, 5.41) is 10.0. The zero-order valence-corrected chi connectivity index (χ0v) is 11.7. The number of piperidine rings is 1. The van der Waals surface area contributed by atoms with Crippen molar-refractivity contribution in [1.29, 1.82) is 0 Å². The molecule has 2 bridgehead atoms. The van der Waals surface area contributed by atoms with Gasteiger partial charge in [-0.3, -0.25) is 0 Å². The van der Waals surface area contributed by atoms with E-state index in [9.17, 15) is 9.90 Å². The highest BCUT2D eigenvalue weighted by Gasteiger charge is 2.40. The topological polar surface area (TPSA) is 49.8 Å². The Morgan fingerprint density at radius 1 is 1.25 bits per heavy atom. The van der Waals surface area contributed by atoms with Crippen molar-refractivity contribution in [3.63, 3.8) is 0 Å². The zero-order valence-electron chi connectivity index (χ0n) is 11.7. The molecule has 1 aromatic rings. The first-order valence-electron chi connectivity index (χ1n) is 7.30. The summed E-state index contributed by atoms with van der Waals surface area (Å²) in [4.78, 5) is 14.4. The number of ether oxygens (including phenoxy) is 1. The number of rotatable bonds is 3. The highest BCUT2D eigenvalue weighted by atomic mass is 16.6. The maximum absolute atomic E-state index is 12.0. The fourth-order valence-electron chi connectivity index (χ4n) is 3.46. The van der Waals surface area contributed by atoms with Gasteiger partial charge in [-0.1, -0.05) is 30.3 Å². The molecule has 2 fully saturated rings. The molecule has 0 spiro atoms. The molecule has 3 rings (SSSR count). The third kappa shape index (κ3) is 2.58. The summed E-state index contributed by atoms with van der Waals surface area (Å²) in [6.07, 6.45) is 2.94. The van der Waals surface area contributed by atoms with E-state index < -0.39 is 12.1 Å². The van der Waals surface area contributed by atoms with Gasteiger partial charge >= 0.3 is 5.97 Å². The van der Waals surface area contributed by atoms with E-state index in [0.29, 0.717) is 17.6 Å². The van der Waals surface area contributed by atoms with Crippen molar-refractivity contribution in [2.24, 2.45) is 0 Å². The van der Waals surface area contributed by atoms with Crippen molar-refractivity contribution in [2.45, 2.75) is 50.0 Å². The van der Waals surface area contributed by atoms with Crippen molar-refractivity contribution in [2.75, 3.05) is 7.05 Å². The van der Waals surface area contributed by atoms with Gasteiger partial charge in [0.05, 0.1) is 0 Å². The van der Waals surface area contributed by atoms with Crippen LogP contribution < -0.4 is 0 Å². The van der Waals surface area contributed by atoms with Gasteiger partial charge < -0.3 is 14.7 Å². The second kappa shape index (κ2) is 5.54. The van der Waals surface area contributed by atoms with E-state index in [2.05, 4.69) is 11.9 Å². The van der Waals surface area contributed by atoms with Crippen LogP contribution in [0.4, 0.5) is 0 Å². The molecule has 0 unspecified atom stereocenters. The fraction of sp³-hybridized carbons (Fsp3) is 0.562. The SMILES string of the molecule is CN1[C@@H]2CC[C@@H]1CC(OC(=O)[C@H](O)c1ccccc1)C2. The average molecular weight is 275 g/mol. The van der Waals surface area contributed by atoms with Gasteiger partial charge in [-0.25, -0.2) is 4.79 Å². The van der Waals surface area contributed by atoms with Crippen molar-refractivity contribution in [1.82, 2.24) is 4.90 Å². The van der Waals surface area contributed by atoms with Gasteiger partial charge in [-0.2, -0.15) is 0 Å². The maximum Gasteiger partial charge on any atom is 0.339 e. The van der Waals surface area contributed by atoms with Crippen LogP contribution in [0.25, 0.3) is 0 Å². The number of hydrogen-bond donors (Lipinski definition) is 1. The van der Waals surface area contributed by atoms with Gasteiger partial charge in [0.15, 0.2) is 6.10 Å². The minimum Gasteiger partial charge on any atom is -0.460 e. The van der Waals surface area contributed by atoms with Gasteiger partial charge in [-0.15, -0.1) is 0 Å². The van der Waals surface area contributed by atoms with E-state index in [1.54, 1.807) is 12.1 Å². The summed E-state index contributed by atoms with van der Waals surface area (Å²) in [7, 11) is 2.15. The molecule has 0 saturated carbocycles. The molecule has 4 nitrogen and oxygen atoms in total. The molecular formula is C16H21NO3. The molecule has 0 radical (unpaired) electrons. The molecule has 108 valence electrons. The fourth-order valence-corrected chi connectivity index (χ4v) is 3.46. The standard InChI is InChI=1S/C16H21NO3/c1-17-12-7-8-13(17)10-14(9-12)20-16(19)15(18)11-5-3-2-4-6-11/h2-6,12-15,18H,7-10H2,1H3/t12-,13-,15-/m1/s1. The van der Waals surface area contributed by atoms with Gasteiger partial charge in [0.2, 0.25) is 0 Å². The Bertz CT molecular complexity index is 462. The lowest BCUT2D eigenvalue weighted by Gasteiger charge is -2.36. The number of fused-ring (bicyclic) bond motifs is 2. The molecule has 4 heteroatoms. The highest BCUT2D eigenvalue weighted by Crippen LogP contribution is 2.35. The Hall–Kier alpha value is -1.39. The predicted octanol–water partition coefficient (Wildman–Crippen LogP) is 1.89. The van der Waals surface area contributed by atoms with Crippen molar-refractivity contribution in [3.05, 3.63) is 35.9 Å². The molecular weight excluding hydrogens is 254 g/mol. The molecule has 3 atom stereocenters. The van der Waals surface area contributed by atoms with Gasteiger partial charge in [0, 0.05) is 12.1 Å². The molecule has 1 N–H and O–H groups in total. The smallest absolute Gasteiger partial charge is 0.339 e. The number of hydrogen-bond acceptors (Lipinski definition) is 4. The number of carbonyl (C=O) groups excluding carboxylic acids is 1. The van der Waals surface area contributed by atoms with Crippen molar-refractivity contribution in [3.8, 4) is 0 Å². The number of nitrogens with zero attached hydrogens (tertiary/aromatic N) is 1. The number of esters is 1. The molecule has 2 aliphatic rings. The molecule has 0 aliphatic carbocycles. The van der Waals surface area contributed by atoms with E-state index in [1.165, 1.54) is 12.8 Å². The van der Waals surface area contributed by atoms with Crippen LogP contribution in [0.5, 0.6) is 0 Å². The normalized spacial score (nSPS) is 31.0. The molecule has 1 aromatic carbocycles. The van der Waals surface area contributed by atoms with Crippen LogP contribution in [0.15, 0.2) is 30.3 Å². The summed E-state index contributed by atoms with van der Waals surface area (Å²) in [5.74, 6) is -0.523. The Morgan fingerprint density at radius 3 is 2.45 bits per heavy atom. The quantitative estimate of drug-likeness (QED) is 0.856. The molecule has 2 aliphatic heterocycles. The first-order chi connectivity index (χ1) is 9.65. The Kier molecular flexibility index (Phi) is 3.76. The second-order valence-electron chi connectivity index (χ2n) is 5.89. The number of aliphatic hydroxyl groups is 1. The zero-order chi connectivity index (χ0) is 14.1. The van der Waals surface area contributed by atoms with Crippen molar-refractivity contribution < 1.29 is 14.6 Å². The van der Waals surface area contributed by atoms with Crippen LogP contribution >= 0.6 is 0 Å². The second-order valence-corrected chi connectivity index (χ2v) is 5.89. The predicted molar refractivity (Wildman–Crippen MR) is 75.1 cm³/mol. The molecule has 0 amide bonds. The van der Waals surface area contributed by atoms with Gasteiger partial charge in [-0.05, 0) is 38.3 Å². The van der Waals surface area contributed by atoms with Gasteiger partial charge in [0.1, 0.15) is 6.10 Å². The van der Waals surface area contributed by atoms with E-state index >= 15 is 0 Å². The summed E-state index contributed by atoms with van der Waals surface area (Å²) >= 11 is 0. The summed E-state index contributed by atoms with van der Waals surface area (Å²) in [6.45, 7) is 0. The largest absolute Gasteiger partial charge is 0.460 e. The summed E-state index contributed by atoms with van der Waals surface area (Å²) in [6, 6.07) is 10.0. The Balaban J connectivity index is 1.60. The number of carbonyl (C=O) groups is 1. The van der Waals surface area contributed by atoms with Crippen molar-refractivity contribution >= 4 is 5.97 Å². The van der Waals surface area contributed by atoms with Crippen LogP contribution in [-0.4, -0.2) is 41.2 Å². The van der Waals surface area contributed by atoms with E-state index in [1.807, 2.05) is 18.2 Å². The summed E-state index contributed by atoms with van der Waals surface area (Å²) < 4.78 is 5.52. The Labute approximate surface area is 119 Å². The van der Waals surface area contributed by atoms with Crippen LogP contribution in [0.1, 0.15) is 37.4 Å². The Morgan fingerprint density at radius 2 is 1.85 bits per heavy atom. The average Bonchev–Trinajstić information content (AvgIpc) is 2.69. The lowest BCUT2D eigenvalue weighted by Crippen LogP contribution is -2.43. The first-order valence-corrected chi connectivity index (χ1v) is 7.30. The number of aliphatic hydroxyl groups excluding tert-OH is 1. The minimum absolute atomic E-state index is 0.0467. The molecule has 2 saturated heterocycles. The van der Waals surface area contributed by atoms with Crippen LogP contribution in [0.2, 0.25) is 0 Å². The first kappa shape index (κ1) is 13.6. The van der Waals surface area contributed by atoms with Gasteiger partial charge in [0.25, 0.3) is 0 Å². The minimum atomic E-state index is -1.17. The summed E-state index contributed by atoms with van der Waals surface area (Å²) in [5.41, 5.74) is 0.591. The lowest BCUT2D eigenvalue weighted by atomic mass is 10.0. The monoisotopic (exact) mass is 275 g/mol. The third-order valence-electron chi connectivity index (χ3n) is 4.68. The molecule has 2 heterocycles. The molecule has 20 heavy (non-hydrogen) atoms. The van der Waals surface area contributed by atoms with Crippen LogP contribution in [-0.2, 0) is 9.53 Å². The van der Waals surface area contributed by atoms with Crippen LogP contribution in [0.3, 0.4) is 0 Å². The maximum atomic E-state index is 12.0. The lowest BCUT2D eigenvalue weighted by molar-refractivity contribution is -0.162. The van der Waals surface area contributed by atoms with E-state index in [4.69, 9.17) is 4.74 Å². The third-order valence-corrected chi connectivity index (χ3v) is 4.68. The van der Waals surface area contributed by atoms with E-state index in [-0.39, 0.29) is 6.10 Å².